The maximum absolute atomic E-state index is 12.3. The van der Waals surface area contributed by atoms with Gasteiger partial charge < -0.3 is 4.57 Å². The Labute approximate surface area is 160 Å². The van der Waals surface area contributed by atoms with Crippen LogP contribution in [0.3, 0.4) is 0 Å². The van der Waals surface area contributed by atoms with Gasteiger partial charge in [-0.2, -0.15) is 4.31 Å². The molecule has 0 radical (unpaired) electrons. The van der Waals surface area contributed by atoms with Crippen LogP contribution in [0, 0.1) is 0 Å². The van der Waals surface area contributed by atoms with Crippen molar-refractivity contribution in [3.8, 4) is 0 Å². The number of rotatable bonds is 4. The molecule has 0 aliphatic carbocycles. The molecular weight excluding hydrogens is 426 g/mol. The molecule has 3 heterocycles. The highest BCUT2D eigenvalue weighted by Gasteiger charge is 2.30. The lowest BCUT2D eigenvalue weighted by molar-refractivity contribution is 0.123. The Morgan fingerprint density at radius 2 is 2.08 bits per heavy atom. The largest absolute Gasteiger partial charge is 0.317 e. The fourth-order valence-corrected chi connectivity index (χ4v) is 6.17. The van der Waals surface area contributed by atoms with Gasteiger partial charge in [-0.25, -0.2) is 8.42 Å². The highest BCUT2D eigenvalue weighted by atomic mass is 79.9. The summed E-state index contributed by atoms with van der Waals surface area (Å²) in [5.74, 6) is 0.146. The average molecular weight is 448 g/mol. The first kappa shape index (κ1) is 19.0. The molecule has 0 spiro atoms. The van der Waals surface area contributed by atoms with Gasteiger partial charge in [0.2, 0.25) is 10.0 Å². The molecule has 0 aromatic carbocycles. The third kappa shape index (κ3) is 3.71. The van der Waals surface area contributed by atoms with Gasteiger partial charge in [-0.15, -0.1) is 11.3 Å². The number of sulfonamides is 1. The van der Waals surface area contributed by atoms with Gasteiger partial charge in [0.1, 0.15) is 0 Å². The number of halogens is 1. The zero-order valence-corrected chi connectivity index (χ0v) is 17.7. The van der Waals surface area contributed by atoms with E-state index < -0.39 is 10.0 Å². The molecule has 0 saturated carbocycles. The topological polar surface area (TPSA) is 62.6 Å². The van der Waals surface area contributed by atoms with Crippen molar-refractivity contribution in [1.29, 1.82) is 0 Å². The minimum absolute atomic E-state index is 0.00704. The molecule has 1 aliphatic rings. The Kier molecular flexibility index (Phi) is 5.41. The molecule has 2 aromatic heterocycles. The lowest BCUT2D eigenvalue weighted by atomic mass is 10.2. The van der Waals surface area contributed by atoms with Crippen LogP contribution in [0.5, 0.6) is 0 Å². The number of aryl methyl sites for hydroxylation is 1. The lowest BCUT2D eigenvalue weighted by Crippen LogP contribution is -2.53. The number of aromatic nitrogens is 1. The molecule has 0 amide bonds. The molecule has 2 aromatic rings. The maximum atomic E-state index is 12.3. The Balaban J connectivity index is 1.80. The summed E-state index contributed by atoms with van der Waals surface area (Å²) in [7, 11) is -1.38. The van der Waals surface area contributed by atoms with Crippen LogP contribution in [0.25, 0.3) is 10.1 Å². The van der Waals surface area contributed by atoms with E-state index in [4.69, 9.17) is 0 Å². The quantitative estimate of drug-likeness (QED) is 0.720. The Morgan fingerprint density at radius 1 is 1.36 bits per heavy atom. The molecule has 0 N–H and O–H groups in total. The predicted octanol–water partition coefficient (Wildman–Crippen LogP) is 2.22. The van der Waals surface area contributed by atoms with Crippen LogP contribution in [0.2, 0.25) is 0 Å². The van der Waals surface area contributed by atoms with Crippen molar-refractivity contribution in [3.63, 3.8) is 0 Å². The number of hydrogen-bond donors (Lipinski definition) is 0. The van der Waals surface area contributed by atoms with Crippen molar-refractivity contribution in [1.82, 2.24) is 13.8 Å². The van der Waals surface area contributed by atoms with Crippen LogP contribution < -0.4 is 5.56 Å². The number of piperazine rings is 1. The smallest absolute Gasteiger partial charge is 0.259 e. The molecule has 6 nitrogen and oxygen atoms in total. The lowest BCUT2D eigenvalue weighted by Gasteiger charge is -2.38. The summed E-state index contributed by atoms with van der Waals surface area (Å²) in [6.07, 6.45) is 1.79. The van der Waals surface area contributed by atoms with E-state index in [2.05, 4.69) is 27.8 Å². The summed E-state index contributed by atoms with van der Waals surface area (Å²) in [5, 5.41) is 0.733. The predicted molar refractivity (Wildman–Crippen MR) is 106 cm³/mol. The van der Waals surface area contributed by atoms with Crippen molar-refractivity contribution in [3.05, 3.63) is 32.0 Å². The van der Waals surface area contributed by atoms with E-state index in [1.165, 1.54) is 0 Å². The third-order valence-electron chi connectivity index (χ3n) is 4.70. The van der Waals surface area contributed by atoms with Crippen molar-refractivity contribution in [2.24, 2.45) is 7.05 Å². The SMILES string of the molecule is CCS(=O)(=O)N1CCN(Cc2cc3c(=O)n(C)cc(Br)c3s2)[C@H](C)C1. The van der Waals surface area contributed by atoms with Gasteiger partial charge in [0.25, 0.3) is 5.56 Å². The van der Waals surface area contributed by atoms with Gasteiger partial charge in [0.05, 0.1) is 20.3 Å². The van der Waals surface area contributed by atoms with Crippen molar-refractivity contribution >= 4 is 47.4 Å². The zero-order valence-electron chi connectivity index (χ0n) is 14.5. The van der Waals surface area contributed by atoms with Crippen molar-refractivity contribution in [2.75, 3.05) is 25.4 Å². The maximum Gasteiger partial charge on any atom is 0.259 e. The van der Waals surface area contributed by atoms with E-state index in [1.54, 1.807) is 40.4 Å². The zero-order chi connectivity index (χ0) is 18.4. The second kappa shape index (κ2) is 7.11. The van der Waals surface area contributed by atoms with Crippen LogP contribution in [0.15, 0.2) is 21.5 Å². The van der Waals surface area contributed by atoms with E-state index >= 15 is 0 Å². The van der Waals surface area contributed by atoms with E-state index in [1.807, 2.05) is 6.07 Å². The monoisotopic (exact) mass is 447 g/mol. The fraction of sp³-hybridized carbons (Fsp3) is 0.562. The highest BCUT2D eigenvalue weighted by molar-refractivity contribution is 9.10. The third-order valence-corrected chi connectivity index (χ3v) is 8.57. The van der Waals surface area contributed by atoms with E-state index in [9.17, 15) is 13.2 Å². The molecule has 1 aliphatic heterocycles. The number of hydrogen-bond acceptors (Lipinski definition) is 5. The summed E-state index contributed by atoms with van der Waals surface area (Å²) in [4.78, 5) is 15.7. The van der Waals surface area contributed by atoms with Gasteiger partial charge >= 0.3 is 0 Å². The second-order valence-electron chi connectivity index (χ2n) is 6.43. The summed E-state index contributed by atoms with van der Waals surface area (Å²) in [5.41, 5.74) is 0.00704. The number of fused-ring (bicyclic) bond motifs is 1. The molecule has 1 atom stereocenters. The number of thiophene rings is 1. The Morgan fingerprint density at radius 3 is 2.72 bits per heavy atom. The van der Waals surface area contributed by atoms with Gasteiger partial charge in [-0.05, 0) is 35.8 Å². The van der Waals surface area contributed by atoms with Crippen molar-refractivity contribution in [2.45, 2.75) is 26.4 Å². The summed E-state index contributed by atoms with van der Waals surface area (Å²) in [6, 6.07) is 2.11. The summed E-state index contributed by atoms with van der Waals surface area (Å²) < 4.78 is 29.2. The van der Waals surface area contributed by atoms with Crippen LogP contribution in [0.1, 0.15) is 18.7 Å². The van der Waals surface area contributed by atoms with E-state index in [0.29, 0.717) is 19.6 Å². The second-order valence-corrected chi connectivity index (χ2v) is 10.7. The Hall–Kier alpha value is -0.740. The van der Waals surface area contributed by atoms with Gasteiger partial charge in [-0.1, -0.05) is 0 Å². The highest BCUT2D eigenvalue weighted by Crippen LogP contribution is 2.31. The van der Waals surface area contributed by atoms with E-state index in [-0.39, 0.29) is 17.4 Å². The molecule has 1 saturated heterocycles. The minimum Gasteiger partial charge on any atom is -0.317 e. The van der Waals surface area contributed by atoms with Crippen LogP contribution in [-0.4, -0.2) is 53.6 Å². The first-order valence-corrected chi connectivity index (χ1v) is 11.4. The van der Waals surface area contributed by atoms with Crippen LogP contribution in [-0.2, 0) is 23.6 Å². The molecular formula is C16H22BrN3O3S2. The van der Waals surface area contributed by atoms with Crippen molar-refractivity contribution < 1.29 is 8.42 Å². The van der Waals surface area contributed by atoms with Crippen LogP contribution in [0.4, 0.5) is 0 Å². The Bertz CT molecular complexity index is 951. The number of nitrogens with zero attached hydrogens (tertiary/aromatic N) is 3. The van der Waals surface area contributed by atoms with Gasteiger partial charge in [-0.3, -0.25) is 9.69 Å². The molecule has 0 bridgehead atoms. The molecule has 0 unspecified atom stereocenters. The summed E-state index contributed by atoms with van der Waals surface area (Å²) in [6.45, 7) is 6.22. The standard InChI is InChI=1S/C16H22BrN3O3S2/c1-4-25(22,23)20-6-5-19(11(2)8-20)9-12-7-13-15(24-12)14(17)10-18(3)16(13)21/h7,10-11H,4-6,8-9H2,1-3H3/t11-/m1/s1. The fourth-order valence-electron chi connectivity index (χ4n) is 3.17. The van der Waals surface area contributed by atoms with Gasteiger partial charge in [0, 0.05) is 50.3 Å². The van der Waals surface area contributed by atoms with Crippen LogP contribution >= 0.6 is 27.3 Å². The average Bonchev–Trinajstić information content (AvgIpc) is 2.99. The normalized spacial score (nSPS) is 20.4. The van der Waals surface area contributed by atoms with E-state index in [0.717, 1.165) is 26.0 Å². The van der Waals surface area contributed by atoms with Gasteiger partial charge in [0.15, 0.2) is 0 Å². The molecule has 1 fully saturated rings. The number of pyridine rings is 1. The molecule has 25 heavy (non-hydrogen) atoms. The minimum atomic E-state index is -3.13. The molecule has 9 heteroatoms. The first-order valence-electron chi connectivity index (χ1n) is 8.22. The first-order chi connectivity index (χ1) is 11.7. The molecule has 3 rings (SSSR count). The molecule has 138 valence electrons. The summed E-state index contributed by atoms with van der Waals surface area (Å²) >= 11 is 5.15.